The molecular formula is C13H8Br4N2O. The fraction of sp³-hybridized carbons (Fsp3) is 0. The van der Waals surface area contributed by atoms with E-state index in [2.05, 4.69) is 69.0 Å². The van der Waals surface area contributed by atoms with Crippen LogP contribution in [0, 0.1) is 0 Å². The van der Waals surface area contributed by atoms with Crippen LogP contribution in [0.15, 0.2) is 48.2 Å². The quantitative estimate of drug-likeness (QED) is 0.502. The van der Waals surface area contributed by atoms with Crippen LogP contribution in [0.3, 0.4) is 0 Å². The number of nitrogens with two attached hydrogens (primary N) is 1. The van der Waals surface area contributed by atoms with Crippen LogP contribution in [0.25, 0.3) is 0 Å². The first-order chi connectivity index (χ1) is 9.38. The molecule has 0 fully saturated rings. The SMILES string of the molecule is Nc1cc(Br)cc(Br)c1NC(=O)c1cc(Br)ccc1Br. The van der Waals surface area contributed by atoms with Gasteiger partial charge in [0.1, 0.15) is 0 Å². The van der Waals surface area contributed by atoms with E-state index in [1.807, 2.05) is 12.1 Å². The lowest BCUT2D eigenvalue weighted by molar-refractivity contribution is 0.102. The van der Waals surface area contributed by atoms with E-state index in [0.29, 0.717) is 25.9 Å². The maximum atomic E-state index is 12.3. The Morgan fingerprint density at radius 1 is 0.950 bits per heavy atom. The Kier molecular flexibility index (Phi) is 5.28. The second-order valence-corrected chi connectivity index (χ2v) is 7.47. The van der Waals surface area contributed by atoms with Gasteiger partial charge in [-0.1, -0.05) is 31.9 Å². The number of carbonyl (C=O) groups is 1. The summed E-state index contributed by atoms with van der Waals surface area (Å²) in [6, 6.07) is 8.95. The molecule has 2 rings (SSSR count). The molecule has 1 amide bonds. The Morgan fingerprint density at radius 2 is 1.65 bits per heavy atom. The number of nitrogens with one attached hydrogen (secondary N) is 1. The summed E-state index contributed by atoms with van der Waals surface area (Å²) in [6.07, 6.45) is 0. The van der Waals surface area contributed by atoms with Crippen LogP contribution in [-0.4, -0.2) is 5.91 Å². The molecule has 0 unspecified atom stereocenters. The number of nitrogen functional groups attached to an aromatic ring is 1. The van der Waals surface area contributed by atoms with Crippen molar-refractivity contribution in [1.29, 1.82) is 0 Å². The highest BCUT2D eigenvalue weighted by molar-refractivity contribution is 9.11. The van der Waals surface area contributed by atoms with E-state index >= 15 is 0 Å². The van der Waals surface area contributed by atoms with Gasteiger partial charge in [0.15, 0.2) is 0 Å². The highest BCUT2D eigenvalue weighted by Gasteiger charge is 2.14. The van der Waals surface area contributed by atoms with Gasteiger partial charge < -0.3 is 11.1 Å². The molecule has 3 nitrogen and oxygen atoms in total. The zero-order chi connectivity index (χ0) is 14.9. The largest absolute Gasteiger partial charge is 0.397 e. The summed E-state index contributed by atoms with van der Waals surface area (Å²) in [5.74, 6) is -0.243. The van der Waals surface area contributed by atoms with E-state index in [0.717, 1.165) is 8.95 Å². The van der Waals surface area contributed by atoms with Crippen LogP contribution in [0.1, 0.15) is 10.4 Å². The van der Waals surface area contributed by atoms with Gasteiger partial charge >= 0.3 is 0 Å². The standard InChI is InChI=1S/C13H8Br4N2O/c14-6-1-2-9(16)8(3-6)13(20)19-12-10(17)4-7(15)5-11(12)18/h1-5H,18H2,(H,19,20). The molecule has 0 aliphatic rings. The summed E-state index contributed by atoms with van der Waals surface area (Å²) in [7, 11) is 0. The molecule has 0 spiro atoms. The van der Waals surface area contributed by atoms with Crippen molar-refractivity contribution in [3.63, 3.8) is 0 Å². The second-order valence-electron chi connectivity index (χ2n) is 3.93. The summed E-state index contributed by atoms with van der Waals surface area (Å²) >= 11 is 13.4. The number of benzene rings is 2. The Hall–Kier alpha value is -0.370. The van der Waals surface area contributed by atoms with E-state index in [1.165, 1.54) is 0 Å². The Labute approximate surface area is 149 Å². The Morgan fingerprint density at radius 3 is 2.30 bits per heavy atom. The minimum absolute atomic E-state index is 0.243. The molecule has 0 saturated carbocycles. The number of amides is 1. The molecule has 0 saturated heterocycles. The highest BCUT2D eigenvalue weighted by Crippen LogP contribution is 2.33. The van der Waals surface area contributed by atoms with E-state index < -0.39 is 0 Å². The molecule has 2 aromatic carbocycles. The van der Waals surface area contributed by atoms with Crippen molar-refractivity contribution in [2.45, 2.75) is 0 Å². The Bertz CT molecular complexity index is 665. The summed E-state index contributed by atoms with van der Waals surface area (Å²) < 4.78 is 3.09. The lowest BCUT2D eigenvalue weighted by Crippen LogP contribution is -2.14. The van der Waals surface area contributed by atoms with Gasteiger partial charge in [0.05, 0.1) is 16.9 Å². The normalized spacial score (nSPS) is 10.4. The third-order valence-electron chi connectivity index (χ3n) is 2.50. The first-order valence-electron chi connectivity index (χ1n) is 5.39. The predicted octanol–water partition coefficient (Wildman–Crippen LogP) is 5.57. The van der Waals surface area contributed by atoms with Crippen LogP contribution in [0.2, 0.25) is 0 Å². The predicted molar refractivity (Wildman–Crippen MR) is 96.0 cm³/mol. The molecule has 0 heterocycles. The van der Waals surface area contributed by atoms with Gasteiger partial charge in [-0.25, -0.2) is 0 Å². The monoisotopic (exact) mass is 524 g/mol. The fourth-order valence-corrected chi connectivity index (χ4v) is 3.72. The molecule has 3 N–H and O–H groups in total. The number of hydrogen-bond donors (Lipinski definition) is 2. The Balaban J connectivity index is 2.35. The first-order valence-corrected chi connectivity index (χ1v) is 8.56. The average Bonchev–Trinajstić information content (AvgIpc) is 2.36. The lowest BCUT2D eigenvalue weighted by atomic mass is 10.2. The number of rotatable bonds is 2. The lowest BCUT2D eigenvalue weighted by Gasteiger charge is -2.12. The van der Waals surface area contributed by atoms with Crippen molar-refractivity contribution in [1.82, 2.24) is 0 Å². The summed E-state index contributed by atoms with van der Waals surface area (Å²) in [6.45, 7) is 0. The molecule has 2 aromatic rings. The van der Waals surface area contributed by atoms with Crippen LogP contribution < -0.4 is 11.1 Å². The molecule has 0 aromatic heterocycles. The summed E-state index contributed by atoms with van der Waals surface area (Å²) in [5.41, 5.74) is 7.47. The topological polar surface area (TPSA) is 55.1 Å². The molecular weight excluding hydrogens is 520 g/mol. The van der Waals surface area contributed by atoms with Crippen LogP contribution in [0.5, 0.6) is 0 Å². The van der Waals surface area contributed by atoms with Crippen molar-refractivity contribution in [3.05, 3.63) is 53.8 Å². The smallest absolute Gasteiger partial charge is 0.256 e. The van der Waals surface area contributed by atoms with Crippen molar-refractivity contribution in [3.8, 4) is 0 Å². The first kappa shape index (κ1) is 16.0. The van der Waals surface area contributed by atoms with Crippen molar-refractivity contribution in [2.75, 3.05) is 11.1 Å². The molecule has 0 atom stereocenters. The minimum atomic E-state index is -0.243. The highest BCUT2D eigenvalue weighted by atomic mass is 79.9. The van der Waals surface area contributed by atoms with Gasteiger partial charge in [-0.2, -0.15) is 0 Å². The number of halogens is 4. The summed E-state index contributed by atoms with van der Waals surface area (Å²) in [4.78, 5) is 12.3. The van der Waals surface area contributed by atoms with Gasteiger partial charge in [-0.05, 0) is 62.2 Å². The van der Waals surface area contributed by atoms with Crippen molar-refractivity contribution < 1.29 is 4.79 Å². The molecule has 0 radical (unpaired) electrons. The van der Waals surface area contributed by atoms with Gasteiger partial charge in [-0.15, -0.1) is 0 Å². The molecule has 20 heavy (non-hydrogen) atoms. The van der Waals surface area contributed by atoms with E-state index in [1.54, 1.807) is 18.2 Å². The zero-order valence-corrected chi connectivity index (χ0v) is 16.2. The van der Waals surface area contributed by atoms with Crippen molar-refractivity contribution >= 4 is 81.0 Å². The van der Waals surface area contributed by atoms with E-state index in [4.69, 9.17) is 5.73 Å². The maximum Gasteiger partial charge on any atom is 0.256 e. The molecule has 0 aliphatic heterocycles. The van der Waals surface area contributed by atoms with Gasteiger partial charge in [0.2, 0.25) is 0 Å². The van der Waals surface area contributed by atoms with Crippen LogP contribution in [0.4, 0.5) is 11.4 Å². The third kappa shape index (κ3) is 3.63. The van der Waals surface area contributed by atoms with Gasteiger partial charge in [0.25, 0.3) is 5.91 Å². The number of anilines is 2. The number of carbonyl (C=O) groups excluding carboxylic acids is 1. The van der Waals surface area contributed by atoms with Crippen LogP contribution in [-0.2, 0) is 0 Å². The van der Waals surface area contributed by atoms with Crippen LogP contribution >= 0.6 is 63.7 Å². The second kappa shape index (κ2) is 6.60. The van der Waals surface area contributed by atoms with E-state index in [9.17, 15) is 4.79 Å². The number of hydrogen-bond acceptors (Lipinski definition) is 2. The molecule has 0 bridgehead atoms. The van der Waals surface area contributed by atoms with Gasteiger partial charge in [0, 0.05) is 17.9 Å². The molecule has 7 heteroatoms. The fourth-order valence-electron chi connectivity index (χ4n) is 1.58. The van der Waals surface area contributed by atoms with E-state index in [-0.39, 0.29) is 5.91 Å². The van der Waals surface area contributed by atoms with Crippen molar-refractivity contribution in [2.24, 2.45) is 0 Å². The summed E-state index contributed by atoms with van der Waals surface area (Å²) in [5, 5.41) is 2.81. The third-order valence-corrected chi connectivity index (χ3v) is 4.77. The average molecular weight is 528 g/mol. The zero-order valence-electron chi connectivity index (χ0n) is 9.88. The minimum Gasteiger partial charge on any atom is -0.397 e. The van der Waals surface area contributed by atoms with Gasteiger partial charge in [-0.3, -0.25) is 4.79 Å². The maximum absolute atomic E-state index is 12.3. The molecule has 0 aliphatic carbocycles. The molecule has 104 valence electrons.